The number of likely N-dealkylation sites (tertiary alicyclic amines) is 1. The van der Waals surface area contributed by atoms with Crippen molar-refractivity contribution in [3.8, 4) is 5.75 Å². The summed E-state index contributed by atoms with van der Waals surface area (Å²) in [5.41, 5.74) is 8.45. The summed E-state index contributed by atoms with van der Waals surface area (Å²) in [6.07, 6.45) is -5.39. The third-order valence-corrected chi connectivity index (χ3v) is 16.6. The lowest BCUT2D eigenvalue weighted by atomic mass is 10.0. The number of hydrogen-bond acceptors (Lipinski definition) is 24. The lowest BCUT2D eigenvalue weighted by Gasteiger charge is -2.41. The van der Waals surface area contributed by atoms with Gasteiger partial charge in [-0.1, -0.05) is 24.3 Å². The number of methoxy groups -OCH3 is 1. The average Bonchev–Trinajstić information content (AvgIpc) is 3.38. The molecule has 34 heteroatoms. The van der Waals surface area contributed by atoms with Gasteiger partial charge in [0, 0.05) is 48.6 Å². The molecule has 4 amide bonds. The van der Waals surface area contributed by atoms with Crippen molar-refractivity contribution in [3.63, 3.8) is 0 Å². The molecular formula is C47H62N7O22S5-3. The van der Waals surface area contributed by atoms with E-state index in [0.29, 0.717) is 46.7 Å². The zero-order valence-corrected chi connectivity index (χ0v) is 48.2. The number of hydrogen-bond donors (Lipinski definition) is 6. The normalized spacial score (nSPS) is 18.8. The number of sulfonamides is 1. The van der Waals surface area contributed by atoms with Crippen molar-refractivity contribution in [1.29, 1.82) is 5.41 Å². The number of piperidine rings is 1. The van der Waals surface area contributed by atoms with Crippen LogP contribution in [0.4, 0.5) is 5.69 Å². The predicted octanol–water partition coefficient (Wildman–Crippen LogP) is -0.639. The van der Waals surface area contributed by atoms with Gasteiger partial charge in [-0.2, -0.15) is 4.72 Å². The van der Waals surface area contributed by atoms with Gasteiger partial charge in [-0.3, -0.25) is 37.1 Å². The van der Waals surface area contributed by atoms with Crippen LogP contribution < -0.4 is 31.1 Å². The zero-order chi connectivity index (χ0) is 59.9. The molecule has 29 nitrogen and oxygen atoms in total. The molecule has 0 radical (unpaired) electrons. The maximum absolute atomic E-state index is 14.4. The highest BCUT2D eigenvalue weighted by Gasteiger charge is 2.46. The van der Waals surface area contributed by atoms with Gasteiger partial charge in [0.2, 0.25) is 58.9 Å². The second-order valence-electron chi connectivity index (χ2n) is 18.3. The van der Waals surface area contributed by atoms with Gasteiger partial charge >= 0.3 is 0 Å². The first-order chi connectivity index (χ1) is 37.9. The summed E-state index contributed by atoms with van der Waals surface area (Å²) >= 11 is 0.934. The molecule has 7 N–H and O–H groups in total. The molecule has 3 aromatic carbocycles. The summed E-state index contributed by atoms with van der Waals surface area (Å²) in [5, 5.41) is 15.8. The van der Waals surface area contributed by atoms with E-state index in [1.54, 1.807) is 56.0 Å². The highest BCUT2D eigenvalue weighted by atomic mass is 32.3. The molecule has 0 saturated carbocycles. The Morgan fingerprint density at radius 3 is 2.06 bits per heavy atom. The monoisotopic (exact) mass is 1240 g/mol. The lowest BCUT2D eigenvalue weighted by Crippen LogP contribution is -2.58. The van der Waals surface area contributed by atoms with Crippen LogP contribution in [-0.4, -0.2) is 189 Å². The van der Waals surface area contributed by atoms with Crippen LogP contribution >= 0.6 is 11.8 Å². The summed E-state index contributed by atoms with van der Waals surface area (Å²) in [6.45, 7) is 2.62. The van der Waals surface area contributed by atoms with Gasteiger partial charge in [-0.05, 0) is 92.6 Å². The van der Waals surface area contributed by atoms with Crippen molar-refractivity contribution < 1.29 is 98.0 Å². The number of aryl methyl sites for hydroxylation is 1. The summed E-state index contributed by atoms with van der Waals surface area (Å²) < 4.78 is 167. The van der Waals surface area contributed by atoms with Gasteiger partial charge in [0.1, 0.15) is 48.1 Å². The van der Waals surface area contributed by atoms with Crippen molar-refractivity contribution in [2.75, 3.05) is 76.6 Å². The first kappa shape index (κ1) is 66.4. The van der Waals surface area contributed by atoms with E-state index < -0.39 is 115 Å². The molecule has 0 aliphatic carbocycles. The third-order valence-electron chi connectivity index (χ3n) is 12.5. The molecule has 81 heavy (non-hydrogen) atoms. The van der Waals surface area contributed by atoms with Crippen molar-refractivity contribution in [1.82, 2.24) is 20.3 Å². The largest absolute Gasteiger partial charge is 0.726 e. The average molecular weight is 1240 g/mol. The maximum atomic E-state index is 14.4. The smallest absolute Gasteiger partial charge is 0.251 e. The Hall–Kier alpha value is -5.44. The zero-order valence-electron chi connectivity index (χ0n) is 44.1. The van der Waals surface area contributed by atoms with Crippen LogP contribution in [0.15, 0.2) is 59.5 Å². The van der Waals surface area contributed by atoms with Crippen LogP contribution in [0.5, 0.6) is 5.75 Å². The molecule has 3 unspecified atom stereocenters. The number of anilines is 1. The number of nitrogens with zero attached hydrogens (tertiary/aromatic N) is 1. The topological polar surface area (TPSA) is 440 Å². The van der Waals surface area contributed by atoms with Crippen LogP contribution in [0.25, 0.3) is 0 Å². The SMILES string of the molecule is COc1cc(C)c(S(=O)(=O)N[C@@H](CSCC(=O)Nc2ccc(C(=O)NCCOCCO[C@@H]3C(COS(=O)(=O)[O-])OCC(OS(=O)(=O)[O-])[C@@H]3OS(=O)(=O)[O-])cc2)C(=O)NC(Cc2ccc(C(=N)N)cc2)C(=O)N2CCCCC2)c(C)c1C. The highest BCUT2D eigenvalue weighted by molar-refractivity contribution is 8.00. The van der Waals surface area contributed by atoms with Crippen molar-refractivity contribution >= 4 is 88.1 Å². The minimum atomic E-state index is -5.65. The van der Waals surface area contributed by atoms with E-state index in [1.165, 1.54) is 31.4 Å². The van der Waals surface area contributed by atoms with E-state index in [-0.39, 0.29) is 65.6 Å². The predicted molar refractivity (Wildman–Crippen MR) is 285 cm³/mol. The molecule has 0 aromatic heterocycles. The van der Waals surface area contributed by atoms with Crippen LogP contribution in [0.3, 0.4) is 0 Å². The molecule has 2 fully saturated rings. The lowest BCUT2D eigenvalue weighted by molar-refractivity contribution is -0.200. The van der Waals surface area contributed by atoms with Crippen LogP contribution in [0.1, 0.15) is 57.4 Å². The molecule has 6 atom stereocenters. The Morgan fingerprint density at radius 1 is 0.815 bits per heavy atom. The van der Waals surface area contributed by atoms with Gasteiger partial charge < -0.3 is 59.2 Å². The Labute approximate surface area is 473 Å². The summed E-state index contributed by atoms with van der Waals surface area (Å²) in [7, 11) is -19.5. The minimum absolute atomic E-state index is 0.0326. The van der Waals surface area contributed by atoms with E-state index in [1.807, 2.05) is 0 Å². The molecule has 5 rings (SSSR count). The van der Waals surface area contributed by atoms with E-state index in [0.717, 1.165) is 31.0 Å². The van der Waals surface area contributed by atoms with E-state index in [4.69, 9.17) is 30.1 Å². The van der Waals surface area contributed by atoms with Crippen molar-refractivity contribution in [2.24, 2.45) is 5.73 Å². The van der Waals surface area contributed by atoms with Gasteiger partial charge in [-0.25, -0.2) is 33.7 Å². The number of amidine groups is 1. The highest BCUT2D eigenvalue weighted by Crippen LogP contribution is 2.31. The fourth-order valence-corrected chi connectivity index (χ4v) is 12.5. The molecule has 2 aliphatic heterocycles. The Kier molecular flexibility index (Phi) is 24.3. The second-order valence-corrected chi connectivity index (χ2v) is 24.1. The quantitative estimate of drug-likeness (QED) is 0.0159. The van der Waals surface area contributed by atoms with Gasteiger partial charge in [0.25, 0.3) is 5.91 Å². The van der Waals surface area contributed by atoms with Crippen LogP contribution in [0, 0.1) is 26.2 Å². The van der Waals surface area contributed by atoms with Crippen molar-refractivity contribution in [3.05, 3.63) is 88.0 Å². The Morgan fingerprint density at radius 2 is 1.46 bits per heavy atom. The number of amides is 4. The van der Waals surface area contributed by atoms with Crippen molar-refractivity contribution in [2.45, 2.75) is 87.8 Å². The van der Waals surface area contributed by atoms with E-state index in [2.05, 4.69) is 33.2 Å². The maximum Gasteiger partial charge on any atom is 0.251 e. The molecule has 0 bridgehead atoms. The van der Waals surface area contributed by atoms with Gasteiger partial charge in [0.05, 0.1) is 50.8 Å². The Balaban J connectivity index is 1.18. The fourth-order valence-electron chi connectivity index (χ4n) is 8.59. The molecule has 2 aliphatic rings. The first-order valence-corrected chi connectivity index (χ1v) is 31.2. The summed E-state index contributed by atoms with van der Waals surface area (Å²) in [4.78, 5) is 56.2. The summed E-state index contributed by atoms with van der Waals surface area (Å²) in [6, 6.07) is 11.2. The first-order valence-electron chi connectivity index (χ1n) is 24.6. The number of benzene rings is 3. The number of nitrogens with two attached hydrogens (primary N) is 1. The Bertz CT molecular complexity index is 3170. The molecular weight excluding hydrogens is 1170 g/mol. The number of ether oxygens (including phenoxy) is 4. The number of thioether (sulfide) groups is 1. The molecule has 450 valence electrons. The van der Waals surface area contributed by atoms with Crippen LogP contribution in [-0.2, 0) is 88.8 Å². The minimum Gasteiger partial charge on any atom is -0.726 e. The third kappa shape index (κ3) is 21.1. The van der Waals surface area contributed by atoms with E-state index in [9.17, 15) is 66.5 Å². The number of nitrogen functional groups attached to an aromatic ring is 1. The second kappa shape index (κ2) is 29.7. The number of carbonyl (C=O) groups excluding carboxylic acids is 4. The summed E-state index contributed by atoms with van der Waals surface area (Å²) in [5.74, 6) is -2.55. The van der Waals surface area contributed by atoms with Gasteiger partial charge in [-0.15, -0.1) is 11.8 Å². The molecule has 2 saturated heterocycles. The number of carbonyl (C=O) groups is 4. The number of nitrogens with one attached hydrogen (secondary N) is 5. The van der Waals surface area contributed by atoms with Crippen LogP contribution in [0.2, 0.25) is 0 Å². The molecule has 0 spiro atoms. The van der Waals surface area contributed by atoms with Gasteiger partial charge in [0.15, 0.2) is 0 Å². The van der Waals surface area contributed by atoms with E-state index >= 15 is 0 Å². The fraction of sp³-hybridized carbons (Fsp3) is 0.511. The number of rotatable bonds is 30. The standard InChI is InChI=1S/C47H65N7O22S5/c1-28-22-37(70-4)29(2)30(3)43(28)78(59,60)53-36(46(57)52-35(47(58)54-17-6-5-7-18-54)23-31-8-10-32(11-9-31)44(48)49)26-77-27-40(55)51-34-14-12-33(13-15-34)45(56)50-16-19-71-20-21-72-41-38(25-74-79(61,62)63)73-24-39(75-80(64,65)66)42(41)76-81(67,68)69/h8-15,22,35-36,38-39,41-42,53H,5-7,16-21,23-27H2,1-4H3,(H3,48,49)(H,50,56)(H,51,55)(H,52,57)(H,61,62,63)(H,64,65,66)(H,67,68,69)/p-3/t35?,36-,38?,39?,41+,42-/m0/s1. The molecule has 3 aromatic rings. The molecule has 2 heterocycles.